The van der Waals surface area contributed by atoms with Gasteiger partial charge >= 0.3 is 0 Å². The summed E-state index contributed by atoms with van der Waals surface area (Å²) in [6.07, 6.45) is 1.83. The molecule has 3 aromatic rings. The molecule has 0 unspecified atom stereocenters. The minimum Gasteiger partial charge on any atom is -0.506 e. The van der Waals surface area contributed by atoms with Crippen LogP contribution in [0.2, 0.25) is 5.02 Å². The molecule has 0 aliphatic carbocycles. The van der Waals surface area contributed by atoms with Crippen LogP contribution in [-0.4, -0.2) is 10.1 Å². The highest BCUT2D eigenvalue weighted by Crippen LogP contribution is 2.33. The van der Waals surface area contributed by atoms with E-state index in [-0.39, 0.29) is 5.75 Å². The summed E-state index contributed by atoms with van der Waals surface area (Å²) in [5, 5.41) is 11.0. The molecular weight excluding hydrogens is 258 g/mol. The molecule has 3 rings (SSSR count). The van der Waals surface area contributed by atoms with Gasteiger partial charge in [-0.1, -0.05) is 29.8 Å². The zero-order valence-corrected chi connectivity index (χ0v) is 11.1. The highest BCUT2D eigenvalue weighted by atomic mass is 35.5. The van der Waals surface area contributed by atoms with Crippen LogP contribution in [0, 0.1) is 6.92 Å². The van der Waals surface area contributed by atoms with Crippen molar-refractivity contribution in [3.05, 3.63) is 59.2 Å². The zero-order chi connectivity index (χ0) is 13.4. The molecule has 1 N–H and O–H groups in total. The normalized spacial score (nSPS) is 10.8. The van der Waals surface area contributed by atoms with Gasteiger partial charge in [0.1, 0.15) is 5.75 Å². The van der Waals surface area contributed by atoms with Crippen molar-refractivity contribution in [1.29, 1.82) is 0 Å². The average Bonchev–Trinajstić information content (AvgIpc) is 2.42. The Balaban J connectivity index is 2.21. The maximum Gasteiger partial charge on any atom is 0.134 e. The number of phenols is 1. The van der Waals surface area contributed by atoms with E-state index in [2.05, 4.69) is 11.1 Å². The van der Waals surface area contributed by atoms with Gasteiger partial charge in [-0.15, -0.1) is 0 Å². The predicted molar refractivity (Wildman–Crippen MR) is 78.6 cm³/mol. The first-order valence-electron chi connectivity index (χ1n) is 5.99. The van der Waals surface area contributed by atoms with Gasteiger partial charge in [-0.3, -0.25) is 4.98 Å². The molecular formula is C16H12ClNO. The maximum absolute atomic E-state index is 9.60. The molecule has 0 amide bonds. The number of pyridine rings is 1. The third-order valence-corrected chi connectivity index (χ3v) is 3.50. The van der Waals surface area contributed by atoms with Crippen LogP contribution in [0.15, 0.2) is 48.7 Å². The van der Waals surface area contributed by atoms with Gasteiger partial charge in [0.15, 0.2) is 0 Å². The van der Waals surface area contributed by atoms with Gasteiger partial charge in [-0.25, -0.2) is 0 Å². The fourth-order valence-electron chi connectivity index (χ4n) is 2.20. The first-order chi connectivity index (χ1) is 9.15. The molecule has 1 heterocycles. The monoisotopic (exact) mass is 269 g/mol. The van der Waals surface area contributed by atoms with E-state index in [1.807, 2.05) is 37.4 Å². The van der Waals surface area contributed by atoms with Crippen LogP contribution in [0.25, 0.3) is 22.0 Å². The molecule has 19 heavy (non-hydrogen) atoms. The number of aromatic nitrogens is 1. The molecule has 2 aromatic carbocycles. The molecule has 3 heteroatoms. The topological polar surface area (TPSA) is 33.1 Å². The molecule has 2 nitrogen and oxygen atoms in total. The van der Waals surface area contributed by atoms with Crippen molar-refractivity contribution in [2.75, 3.05) is 0 Å². The van der Waals surface area contributed by atoms with Crippen LogP contribution < -0.4 is 0 Å². The van der Waals surface area contributed by atoms with E-state index < -0.39 is 0 Å². The number of para-hydroxylation sites is 1. The van der Waals surface area contributed by atoms with E-state index in [4.69, 9.17) is 11.6 Å². The standard InChI is InChI=1S/C16H12ClNO/c1-10-6-16(19)14(17)8-13(10)12-7-11-4-2-3-5-15(11)18-9-12/h2-9,19H,1H3. The Kier molecular flexibility index (Phi) is 2.88. The molecule has 1 aromatic heterocycles. The maximum atomic E-state index is 9.60. The number of hydrogen-bond acceptors (Lipinski definition) is 2. The second kappa shape index (κ2) is 4.56. The fourth-order valence-corrected chi connectivity index (χ4v) is 2.36. The second-order valence-electron chi connectivity index (χ2n) is 4.54. The summed E-state index contributed by atoms with van der Waals surface area (Å²) in [5.41, 5.74) is 3.92. The van der Waals surface area contributed by atoms with Crippen LogP contribution in [0.3, 0.4) is 0 Å². The Bertz CT molecular complexity index is 768. The van der Waals surface area contributed by atoms with Gasteiger partial charge in [0.2, 0.25) is 0 Å². The summed E-state index contributed by atoms with van der Waals surface area (Å²) in [6.45, 7) is 1.95. The molecule has 94 valence electrons. The first kappa shape index (κ1) is 12.0. The Morgan fingerprint density at radius 1 is 1.11 bits per heavy atom. The SMILES string of the molecule is Cc1cc(O)c(Cl)cc1-c1cnc2ccccc2c1. The average molecular weight is 270 g/mol. The van der Waals surface area contributed by atoms with E-state index in [1.165, 1.54) is 0 Å². The number of hydrogen-bond donors (Lipinski definition) is 1. The van der Waals surface area contributed by atoms with Crippen molar-refractivity contribution in [3.63, 3.8) is 0 Å². The molecule has 0 aliphatic heterocycles. The quantitative estimate of drug-likeness (QED) is 0.702. The third kappa shape index (κ3) is 2.15. The molecule has 0 fully saturated rings. The lowest BCUT2D eigenvalue weighted by molar-refractivity contribution is 0.475. The summed E-state index contributed by atoms with van der Waals surface area (Å²) in [6, 6.07) is 13.5. The summed E-state index contributed by atoms with van der Waals surface area (Å²) in [4.78, 5) is 4.45. The second-order valence-corrected chi connectivity index (χ2v) is 4.94. The van der Waals surface area contributed by atoms with Crippen LogP contribution in [0.1, 0.15) is 5.56 Å². The van der Waals surface area contributed by atoms with Crippen LogP contribution in [0.4, 0.5) is 0 Å². The van der Waals surface area contributed by atoms with Crippen molar-refractivity contribution < 1.29 is 5.11 Å². The highest BCUT2D eigenvalue weighted by Gasteiger charge is 2.08. The van der Waals surface area contributed by atoms with Crippen molar-refractivity contribution in [1.82, 2.24) is 4.98 Å². The minimum absolute atomic E-state index is 0.108. The summed E-state index contributed by atoms with van der Waals surface area (Å²) < 4.78 is 0. The van der Waals surface area contributed by atoms with Gasteiger partial charge in [0.05, 0.1) is 10.5 Å². The van der Waals surface area contributed by atoms with E-state index in [0.717, 1.165) is 27.6 Å². The lowest BCUT2D eigenvalue weighted by atomic mass is 10.0. The fraction of sp³-hybridized carbons (Fsp3) is 0.0625. The minimum atomic E-state index is 0.108. The number of halogens is 1. The molecule has 0 aliphatic rings. The number of fused-ring (bicyclic) bond motifs is 1. The molecule has 0 spiro atoms. The number of aromatic hydroxyl groups is 1. The summed E-state index contributed by atoms with van der Waals surface area (Å²) in [7, 11) is 0. The van der Waals surface area contributed by atoms with E-state index in [9.17, 15) is 5.11 Å². The Morgan fingerprint density at radius 2 is 1.89 bits per heavy atom. The van der Waals surface area contributed by atoms with E-state index >= 15 is 0 Å². The van der Waals surface area contributed by atoms with Gasteiger partial charge in [-0.05, 0) is 42.3 Å². The Hall–Kier alpha value is -2.06. The van der Waals surface area contributed by atoms with Crippen LogP contribution in [0.5, 0.6) is 5.75 Å². The highest BCUT2D eigenvalue weighted by molar-refractivity contribution is 6.32. The van der Waals surface area contributed by atoms with Crippen LogP contribution >= 0.6 is 11.6 Å². The van der Waals surface area contributed by atoms with Crippen molar-refractivity contribution in [3.8, 4) is 16.9 Å². The number of rotatable bonds is 1. The van der Waals surface area contributed by atoms with Crippen molar-refractivity contribution >= 4 is 22.5 Å². The first-order valence-corrected chi connectivity index (χ1v) is 6.37. The Morgan fingerprint density at radius 3 is 2.74 bits per heavy atom. The molecule has 0 bridgehead atoms. The zero-order valence-electron chi connectivity index (χ0n) is 10.4. The smallest absolute Gasteiger partial charge is 0.134 e. The lowest BCUT2D eigenvalue weighted by Crippen LogP contribution is -1.86. The lowest BCUT2D eigenvalue weighted by Gasteiger charge is -2.09. The molecule has 0 radical (unpaired) electrons. The van der Waals surface area contributed by atoms with Crippen molar-refractivity contribution in [2.45, 2.75) is 6.92 Å². The number of nitrogens with zero attached hydrogens (tertiary/aromatic N) is 1. The van der Waals surface area contributed by atoms with Gasteiger partial charge in [0.25, 0.3) is 0 Å². The molecule has 0 atom stereocenters. The van der Waals surface area contributed by atoms with Gasteiger partial charge in [-0.2, -0.15) is 0 Å². The van der Waals surface area contributed by atoms with Crippen molar-refractivity contribution in [2.24, 2.45) is 0 Å². The molecule has 0 saturated heterocycles. The van der Waals surface area contributed by atoms with Crippen LogP contribution in [-0.2, 0) is 0 Å². The van der Waals surface area contributed by atoms with Gasteiger partial charge < -0.3 is 5.11 Å². The summed E-state index contributed by atoms with van der Waals surface area (Å²) >= 11 is 5.98. The third-order valence-electron chi connectivity index (χ3n) is 3.20. The van der Waals surface area contributed by atoms with Gasteiger partial charge in [0, 0.05) is 17.1 Å². The van der Waals surface area contributed by atoms with E-state index in [0.29, 0.717) is 5.02 Å². The van der Waals surface area contributed by atoms with E-state index in [1.54, 1.807) is 12.1 Å². The number of benzene rings is 2. The number of phenolic OH excluding ortho intramolecular Hbond substituents is 1. The number of aryl methyl sites for hydroxylation is 1. The summed E-state index contributed by atoms with van der Waals surface area (Å²) in [5.74, 6) is 0.108. The molecule has 0 saturated carbocycles. The predicted octanol–water partition coefficient (Wildman–Crippen LogP) is 4.57. The Labute approximate surface area is 116 Å². The largest absolute Gasteiger partial charge is 0.506 e.